The van der Waals surface area contributed by atoms with Gasteiger partial charge in [0.05, 0.1) is 13.2 Å². The van der Waals surface area contributed by atoms with Crippen LogP contribution in [0.1, 0.15) is 31.2 Å². The van der Waals surface area contributed by atoms with Crippen LogP contribution in [0.5, 0.6) is 0 Å². The van der Waals surface area contributed by atoms with Crippen LogP contribution < -0.4 is 0 Å². The summed E-state index contributed by atoms with van der Waals surface area (Å²) in [6, 6.07) is 10.2. The van der Waals surface area contributed by atoms with Crippen molar-refractivity contribution in [2.24, 2.45) is 0 Å². The Hall–Kier alpha value is -1.41. The molecule has 2 nitrogen and oxygen atoms in total. The van der Waals surface area contributed by atoms with E-state index in [-0.39, 0.29) is 12.1 Å². The number of hydrogen-bond donors (Lipinski definition) is 0. The van der Waals surface area contributed by atoms with Gasteiger partial charge in [-0.05, 0) is 30.9 Å². The molecule has 20 heavy (non-hydrogen) atoms. The molecule has 1 saturated heterocycles. The van der Waals surface area contributed by atoms with E-state index in [0.29, 0.717) is 26.1 Å². The van der Waals surface area contributed by atoms with Gasteiger partial charge in [-0.1, -0.05) is 36.1 Å². The topological polar surface area (TPSA) is 18.5 Å². The quantitative estimate of drug-likeness (QED) is 0.726. The first-order valence-corrected chi connectivity index (χ1v) is 7.21. The van der Waals surface area contributed by atoms with E-state index in [9.17, 15) is 4.39 Å². The molecule has 0 atom stereocenters. The van der Waals surface area contributed by atoms with Crippen molar-refractivity contribution in [1.29, 1.82) is 0 Å². The zero-order valence-corrected chi connectivity index (χ0v) is 11.7. The second-order valence-electron chi connectivity index (χ2n) is 4.84. The lowest BCUT2D eigenvalue weighted by Crippen LogP contribution is -2.24. The Labute approximate surface area is 119 Å². The number of ether oxygens (including phenoxy) is 2. The summed E-state index contributed by atoms with van der Waals surface area (Å²) in [7, 11) is 0. The largest absolute Gasteiger partial charge is 0.353 e. The van der Waals surface area contributed by atoms with Gasteiger partial charge in [-0.3, -0.25) is 0 Å². The fourth-order valence-corrected chi connectivity index (χ4v) is 2.09. The van der Waals surface area contributed by atoms with Gasteiger partial charge in [-0.25, -0.2) is 4.39 Å². The second kappa shape index (κ2) is 8.70. The van der Waals surface area contributed by atoms with E-state index in [4.69, 9.17) is 9.47 Å². The molecule has 0 aliphatic carbocycles. The van der Waals surface area contributed by atoms with E-state index in [1.54, 1.807) is 6.08 Å². The van der Waals surface area contributed by atoms with Gasteiger partial charge >= 0.3 is 0 Å². The minimum Gasteiger partial charge on any atom is -0.353 e. The minimum atomic E-state index is -0.249. The molecule has 1 heterocycles. The van der Waals surface area contributed by atoms with E-state index in [0.717, 1.165) is 19.3 Å². The first-order valence-electron chi connectivity index (χ1n) is 7.21. The fourth-order valence-electron chi connectivity index (χ4n) is 2.09. The summed E-state index contributed by atoms with van der Waals surface area (Å²) >= 11 is 0. The lowest BCUT2D eigenvalue weighted by atomic mass is 10.1. The lowest BCUT2D eigenvalue weighted by Gasteiger charge is -2.22. The molecule has 2 rings (SSSR count). The monoisotopic (exact) mass is 276 g/mol. The number of rotatable bonds is 6. The predicted octanol–water partition coefficient (Wildman–Crippen LogP) is 4.17. The van der Waals surface area contributed by atoms with Crippen molar-refractivity contribution >= 4 is 0 Å². The van der Waals surface area contributed by atoms with Crippen LogP contribution in [-0.2, 0) is 15.9 Å². The molecular weight excluding hydrogens is 255 g/mol. The number of benzene rings is 1. The number of allylic oxidation sites excluding steroid dienone is 1. The standard InChI is InChI=1S/C17H21FO2/c18-16(11-12-17-19-13-6-14-20-17)10-5-4-9-15-7-2-1-3-8-15/h1-3,5,7-8,17H,4,6,9,11-14H2. The summed E-state index contributed by atoms with van der Waals surface area (Å²) < 4.78 is 24.3. The summed E-state index contributed by atoms with van der Waals surface area (Å²) in [6.45, 7) is 1.42. The Morgan fingerprint density at radius 2 is 2.00 bits per heavy atom. The maximum atomic E-state index is 13.5. The van der Waals surface area contributed by atoms with Crippen LogP contribution in [0.4, 0.5) is 4.39 Å². The molecule has 1 aliphatic heterocycles. The van der Waals surface area contributed by atoms with Crippen LogP contribution in [0.2, 0.25) is 0 Å². The van der Waals surface area contributed by atoms with Crippen LogP contribution in [0.15, 0.2) is 48.0 Å². The fraction of sp³-hybridized carbons (Fsp3) is 0.471. The first-order chi connectivity index (χ1) is 9.84. The molecule has 0 N–H and O–H groups in total. The summed E-state index contributed by atoms with van der Waals surface area (Å²) in [5.41, 5.74) is 3.97. The molecule has 1 aromatic rings. The van der Waals surface area contributed by atoms with Gasteiger partial charge in [0.1, 0.15) is 5.83 Å². The van der Waals surface area contributed by atoms with Crippen molar-refractivity contribution < 1.29 is 13.9 Å². The molecule has 1 aliphatic rings. The van der Waals surface area contributed by atoms with Gasteiger partial charge in [0.25, 0.3) is 0 Å². The lowest BCUT2D eigenvalue weighted by molar-refractivity contribution is -0.181. The van der Waals surface area contributed by atoms with E-state index < -0.39 is 0 Å². The van der Waals surface area contributed by atoms with Gasteiger partial charge in [-0.2, -0.15) is 0 Å². The van der Waals surface area contributed by atoms with Gasteiger partial charge in [0, 0.05) is 12.8 Å². The Morgan fingerprint density at radius 3 is 2.75 bits per heavy atom. The minimum absolute atomic E-state index is 0.226. The van der Waals surface area contributed by atoms with Crippen molar-refractivity contribution in [3.05, 3.63) is 53.5 Å². The third kappa shape index (κ3) is 5.70. The van der Waals surface area contributed by atoms with Gasteiger partial charge < -0.3 is 9.47 Å². The van der Waals surface area contributed by atoms with Crippen molar-refractivity contribution in [1.82, 2.24) is 0 Å². The molecule has 0 radical (unpaired) electrons. The Morgan fingerprint density at radius 1 is 1.25 bits per heavy atom. The Bertz CT molecular complexity index is 443. The van der Waals surface area contributed by atoms with Crippen molar-refractivity contribution in [3.8, 4) is 0 Å². The molecule has 1 fully saturated rings. The summed E-state index contributed by atoms with van der Waals surface area (Å²) in [5, 5.41) is 0. The third-order valence-electron chi connectivity index (χ3n) is 3.17. The molecule has 108 valence electrons. The summed E-state index contributed by atoms with van der Waals surface area (Å²) in [6.07, 6.45) is 5.04. The predicted molar refractivity (Wildman–Crippen MR) is 77.0 cm³/mol. The van der Waals surface area contributed by atoms with Crippen molar-refractivity contribution in [2.75, 3.05) is 13.2 Å². The molecule has 0 unspecified atom stereocenters. The van der Waals surface area contributed by atoms with Gasteiger partial charge in [0.15, 0.2) is 6.29 Å². The normalized spacial score (nSPS) is 15.7. The molecule has 0 bridgehead atoms. The molecule has 0 amide bonds. The van der Waals surface area contributed by atoms with Crippen LogP contribution in [0.25, 0.3) is 0 Å². The molecule has 0 aromatic heterocycles. The highest BCUT2D eigenvalue weighted by Gasteiger charge is 2.14. The third-order valence-corrected chi connectivity index (χ3v) is 3.17. The van der Waals surface area contributed by atoms with E-state index >= 15 is 0 Å². The van der Waals surface area contributed by atoms with Gasteiger partial charge in [0.2, 0.25) is 0 Å². The Balaban J connectivity index is 1.68. The maximum absolute atomic E-state index is 13.5. The molecule has 3 heteroatoms. The number of hydrogen-bond acceptors (Lipinski definition) is 2. The molecular formula is C17H21FO2. The highest BCUT2D eigenvalue weighted by molar-refractivity contribution is 5.15. The smallest absolute Gasteiger partial charge is 0.157 e. The van der Waals surface area contributed by atoms with E-state index in [1.807, 2.05) is 18.2 Å². The molecule has 0 spiro atoms. The first kappa shape index (κ1) is 15.0. The van der Waals surface area contributed by atoms with Crippen molar-refractivity contribution in [2.45, 2.75) is 38.4 Å². The van der Waals surface area contributed by atoms with Crippen LogP contribution in [0, 0.1) is 0 Å². The SMILES string of the molecule is FC(=C=CCCc1ccccc1)CCC1OCCCO1. The maximum Gasteiger partial charge on any atom is 0.157 e. The molecule has 1 aromatic carbocycles. The average Bonchev–Trinajstić information content (AvgIpc) is 2.52. The summed E-state index contributed by atoms with van der Waals surface area (Å²) in [4.78, 5) is 0. The number of aryl methyl sites for hydroxylation is 1. The van der Waals surface area contributed by atoms with Gasteiger partial charge in [-0.15, -0.1) is 0 Å². The van der Waals surface area contributed by atoms with Crippen LogP contribution in [-0.4, -0.2) is 19.5 Å². The second-order valence-corrected chi connectivity index (χ2v) is 4.84. The Kier molecular flexibility index (Phi) is 6.52. The highest BCUT2D eigenvalue weighted by atomic mass is 19.1. The average molecular weight is 276 g/mol. The highest BCUT2D eigenvalue weighted by Crippen LogP contribution is 2.14. The van der Waals surface area contributed by atoms with Crippen LogP contribution in [0.3, 0.4) is 0 Å². The van der Waals surface area contributed by atoms with Crippen LogP contribution >= 0.6 is 0 Å². The summed E-state index contributed by atoms with van der Waals surface area (Å²) in [5.74, 6) is -0.226. The van der Waals surface area contributed by atoms with E-state index in [1.165, 1.54) is 5.56 Å². The number of halogens is 1. The van der Waals surface area contributed by atoms with E-state index in [2.05, 4.69) is 17.9 Å². The van der Waals surface area contributed by atoms with Crippen molar-refractivity contribution in [3.63, 3.8) is 0 Å². The molecule has 0 saturated carbocycles. The zero-order valence-electron chi connectivity index (χ0n) is 11.7. The zero-order chi connectivity index (χ0) is 14.0.